The largest absolute Gasteiger partial charge is 0.394 e. The first-order chi connectivity index (χ1) is 8.45. The number of nitrogens with one attached hydrogen (secondary N) is 1. The van der Waals surface area contributed by atoms with E-state index in [1.165, 1.54) is 0 Å². The number of halogens is 2. The van der Waals surface area contributed by atoms with E-state index in [-0.39, 0.29) is 0 Å². The lowest BCUT2D eigenvalue weighted by Crippen LogP contribution is -2.37. The molecular formula is C9H10F2N2O5. The Balaban J connectivity index is 2.42. The van der Waals surface area contributed by atoms with Gasteiger partial charge in [0.25, 0.3) is 5.56 Å². The van der Waals surface area contributed by atoms with Gasteiger partial charge in [-0.2, -0.15) is 4.39 Å². The van der Waals surface area contributed by atoms with Crippen molar-refractivity contribution in [2.24, 2.45) is 0 Å². The van der Waals surface area contributed by atoms with E-state index in [0.717, 1.165) is 0 Å². The number of rotatable bonds is 2. The minimum absolute atomic E-state index is 0.515. The van der Waals surface area contributed by atoms with E-state index in [4.69, 9.17) is 9.84 Å². The fourth-order valence-corrected chi connectivity index (χ4v) is 1.74. The molecule has 1 saturated heterocycles. The third kappa shape index (κ3) is 1.96. The van der Waals surface area contributed by atoms with E-state index in [2.05, 4.69) is 0 Å². The third-order valence-electron chi connectivity index (χ3n) is 2.67. The van der Waals surface area contributed by atoms with Crippen LogP contribution in [0.5, 0.6) is 0 Å². The molecular weight excluding hydrogens is 254 g/mol. The second kappa shape index (κ2) is 4.59. The summed E-state index contributed by atoms with van der Waals surface area (Å²) in [6.07, 6.45) is -5.96. The maximum absolute atomic E-state index is 13.4. The van der Waals surface area contributed by atoms with Crippen LogP contribution in [0.1, 0.15) is 6.23 Å². The summed E-state index contributed by atoms with van der Waals surface area (Å²) in [7, 11) is 0. The maximum atomic E-state index is 13.4. The average molecular weight is 264 g/mol. The summed E-state index contributed by atoms with van der Waals surface area (Å²) in [5.41, 5.74) is -2.27. The van der Waals surface area contributed by atoms with Crippen molar-refractivity contribution in [1.82, 2.24) is 9.55 Å². The predicted octanol–water partition coefficient (Wildman–Crippen LogP) is -1.74. The molecule has 1 fully saturated rings. The summed E-state index contributed by atoms with van der Waals surface area (Å²) in [6.45, 7) is -0.699. The zero-order valence-electron chi connectivity index (χ0n) is 8.92. The van der Waals surface area contributed by atoms with E-state index in [9.17, 15) is 23.5 Å². The molecule has 1 unspecified atom stereocenters. The van der Waals surface area contributed by atoms with Crippen molar-refractivity contribution in [3.63, 3.8) is 0 Å². The number of H-pyrrole nitrogens is 1. The van der Waals surface area contributed by atoms with Gasteiger partial charge < -0.3 is 14.9 Å². The molecule has 2 heterocycles. The predicted molar refractivity (Wildman–Crippen MR) is 53.2 cm³/mol. The number of aliphatic hydroxyl groups is 2. The highest BCUT2D eigenvalue weighted by molar-refractivity contribution is 4.94. The Bertz CT molecular complexity index is 557. The molecule has 0 aliphatic carbocycles. The third-order valence-corrected chi connectivity index (χ3v) is 2.67. The van der Waals surface area contributed by atoms with Crippen LogP contribution in [-0.2, 0) is 4.74 Å². The van der Waals surface area contributed by atoms with Crippen molar-refractivity contribution >= 4 is 0 Å². The Morgan fingerprint density at radius 2 is 2.17 bits per heavy atom. The van der Waals surface area contributed by atoms with E-state index in [1.807, 2.05) is 0 Å². The number of aromatic amines is 1. The van der Waals surface area contributed by atoms with Crippen molar-refractivity contribution in [2.45, 2.75) is 24.6 Å². The Labute approximate surface area is 98.3 Å². The highest BCUT2D eigenvalue weighted by Crippen LogP contribution is 2.30. The summed E-state index contributed by atoms with van der Waals surface area (Å²) >= 11 is 0. The van der Waals surface area contributed by atoms with E-state index < -0.39 is 48.3 Å². The number of aliphatic hydroxyl groups excluding tert-OH is 2. The molecule has 1 aromatic heterocycles. The summed E-state index contributed by atoms with van der Waals surface area (Å²) < 4.78 is 31.9. The van der Waals surface area contributed by atoms with Gasteiger partial charge in [0.15, 0.2) is 12.4 Å². The van der Waals surface area contributed by atoms with Crippen LogP contribution in [0.2, 0.25) is 0 Å². The van der Waals surface area contributed by atoms with Crippen LogP contribution in [0.15, 0.2) is 15.8 Å². The lowest BCUT2D eigenvalue weighted by atomic mass is 10.1. The van der Waals surface area contributed by atoms with Crippen LogP contribution in [0.4, 0.5) is 8.78 Å². The standard InChI is InChI=1S/C9H10F2N2O5/c10-3-1-13(9(17)12-7(3)16)8-6(15)5(11)4(2-14)18-8/h1,4-6,8,14-15H,2H2,(H,12,16,17)/t4-,5?,6+,8-/m1/s1. The Kier molecular flexibility index (Phi) is 3.28. The van der Waals surface area contributed by atoms with Gasteiger partial charge >= 0.3 is 5.69 Å². The fraction of sp³-hybridized carbons (Fsp3) is 0.556. The van der Waals surface area contributed by atoms with Gasteiger partial charge in [0.05, 0.1) is 12.8 Å². The second-order valence-corrected chi connectivity index (χ2v) is 3.83. The molecule has 0 amide bonds. The molecule has 3 N–H and O–H groups in total. The maximum Gasteiger partial charge on any atom is 0.330 e. The monoisotopic (exact) mass is 264 g/mol. The van der Waals surface area contributed by atoms with Gasteiger partial charge in [-0.15, -0.1) is 0 Å². The van der Waals surface area contributed by atoms with Crippen molar-refractivity contribution in [3.8, 4) is 0 Å². The average Bonchev–Trinajstić information content (AvgIpc) is 2.61. The minimum atomic E-state index is -1.91. The zero-order valence-corrected chi connectivity index (χ0v) is 8.92. The number of hydrogen-bond donors (Lipinski definition) is 3. The SMILES string of the molecule is O=c1[nH]c(=O)n([C@@H]2O[C@H](CO)C(F)[C@@H]2O)cc1F. The summed E-state index contributed by atoms with van der Waals surface area (Å²) in [5.74, 6) is -1.27. The molecule has 2 rings (SSSR count). The topological polar surface area (TPSA) is 105 Å². The molecule has 9 heteroatoms. The lowest BCUT2D eigenvalue weighted by molar-refractivity contribution is -0.0542. The first-order valence-corrected chi connectivity index (χ1v) is 5.05. The number of alkyl halides is 1. The molecule has 0 saturated carbocycles. The van der Waals surface area contributed by atoms with Crippen molar-refractivity contribution in [3.05, 3.63) is 32.9 Å². The van der Waals surface area contributed by atoms with Crippen molar-refractivity contribution < 1.29 is 23.7 Å². The number of ether oxygens (including phenoxy) is 1. The van der Waals surface area contributed by atoms with Gasteiger partial charge in [0, 0.05) is 0 Å². The fourth-order valence-electron chi connectivity index (χ4n) is 1.74. The molecule has 1 aliphatic rings. The molecule has 0 spiro atoms. The number of nitrogens with zero attached hydrogens (tertiary/aromatic N) is 1. The summed E-state index contributed by atoms with van der Waals surface area (Å²) in [5, 5.41) is 18.3. The van der Waals surface area contributed by atoms with E-state index in [0.29, 0.717) is 10.8 Å². The molecule has 0 radical (unpaired) electrons. The zero-order chi connectivity index (χ0) is 13.4. The molecule has 7 nitrogen and oxygen atoms in total. The van der Waals surface area contributed by atoms with Crippen LogP contribution in [0, 0.1) is 5.82 Å². The Morgan fingerprint density at radius 3 is 2.72 bits per heavy atom. The van der Waals surface area contributed by atoms with Gasteiger partial charge in [-0.1, -0.05) is 0 Å². The smallest absolute Gasteiger partial charge is 0.330 e. The first kappa shape index (κ1) is 12.9. The van der Waals surface area contributed by atoms with Crippen LogP contribution in [-0.4, -0.2) is 44.8 Å². The van der Waals surface area contributed by atoms with Crippen molar-refractivity contribution in [2.75, 3.05) is 6.61 Å². The van der Waals surface area contributed by atoms with E-state index in [1.54, 1.807) is 4.98 Å². The first-order valence-electron chi connectivity index (χ1n) is 5.05. The van der Waals surface area contributed by atoms with Gasteiger partial charge in [-0.05, 0) is 0 Å². The van der Waals surface area contributed by atoms with Crippen LogP contribution in [0.25, 0.3) is 0 Å². The second-order valence-electron chi connectivity index (χ2n) is 3.83. The molecule has 100 valence electrons. The highest BCUT2D eigenvalue weighted by Gasteiger charge is 2.45. The minimum Gasteiger partial charge on any atom is -0.394 e. The van der Waals surface area contributed by atoms with Gasteiger partial charge in [-0.3, -0.25) is 14.3 Å². The molecule has 1 aliphatic heterocycles. The Morgan fingerprint density at radius 1 is 1.50 bits per heavy atom. The number of aromatic nitrogens is 2. The van der Waals surface area contributed by atoms with Crippen LogP contribution >= 0.6 is 0 Å². The van der Waals surface area contributed by atoms with Gasteiger partial charge in [0.2, 0.25) is 5.82 Å². The van der Waals surface area contributed by atoms with Crippen LogP contribution < -0.4 is 11.2 Å². The molecule has 18 heavy (non-hydrogen) atoms. The molecule has 1 aromatic rings. The van der Waals surface area contributed by atoms with Crippen LogP contribution in [0.3, 0.4) is 0 Å². The van der Waals surface area contributed by atoms with Gasteiger partial charge in [0.1, 0.15) is 12.2 Å². The number of hydrogen-bond acceptors (Lipinski definition) is 5. The molecule has 4 atom stereocenters. The van der Waals surface area contributed by atoms with Gasteiger partial charge in [-0.25, -0.2) is 9.18 Å². The van der Waals surface area contributed by atoms with Crippen molar-refractivity contribution in [1.29, 1.82) is 0 Å². The normalized spacial score (nSPS) is 31.8. The molecule has 0 aromatic carbocycles. The quantitative estimate of drug-likeness (QED) is 0.588. The Hall–Kier alpha value is -1.58. The summed E-state index contributed by atoms with van der Waals surface area (Å²) in [6, 6.07) is 0. The highest BCUT2D eigenvalue weighted by atomic mass is 19.1. The lowest BCUT2D eigenvalue weighted by Gasteiger charge is -2.16. The van der Waals surface area contributed by atoms with E-state index >= 15 is 0 Å². The summed E-state index contributed by atoms with van der Waals surface area (Å²) in [4.78, 5) is 23.9. The molecule has 0 bridgehead atoms.